The number of nitrogens with zero attached hydrogens (tertiary/aromatic N) is 2. The highest BCUT2D eigenvalue weighted by Crippen LogP contribution is 2.59. The van der Waals surface area contributed by atoms with Crippen LogP contribution in [0.3, 0.4) is 0 Å². The number of hydrogen-bond donors (Lipinski definition) is 1. The molecule has 5 atom stereocenters. The molecule has 5 rings (SSSR count). The summed E-state index contributed by atoms with van der Waals surface area (Å²) in [4.78, 5) is 44.7. The molecule has 3 fully saturated rings. The maximum Gasteiger partial charge on any atom is 0.312 e. The molecule has 0 saturated carbocycles. The Balaban J connectivity index is 1.54. The van der Waals surface area contributed by atoms with Gasteiger partial charge in [0, 0.05) is 25.4 Å². The number of aliphatic hydroxyl groups is 1. The Morgan fingerprint density at radius 2 is 1.95 bits per heavy atom. The molecule has 0 aromatic heterocycles. The number of fused-ring (bicyclic) bond motifs is 2. The molecule has 0 radical (unpaired) electrons. The number of amides is 2. The largest absolute Gasteiger partial charge is 0.461 e. The third-order valence-electron chi connectivity index (χ3n) is 8.08. The molecule has 3 saturated heterocycles. The average Bonchev–Trinajstić information content (AvgIpc) is 3.57. The Hall–Kier alpha value is -3.49. The number of rotatable bonds is 11. The predicted octanol–water partition coefficient (Wildman–Crippen LogP) is 3.24. The van der Waals surface area contributed by atoms with Gasteiger partial charge >= 0.3 is 5.97 Å². The van der Waals surface area contributed by atoms with Gasteiger partial charge in [-0.05, 0) is 48.6 Å². The topological polar surface area (TPSA) is 96.4 Å². The fourth-order valence-electron chi connectivity index (χ4n) is 6.52. The Morgan fingerprint density at radius 3 is 2.68 bits per heavy atom. The van der Waals surface area contributed by atoms with Crippen LogP contribution in [0.15, 0.2) is 67.8 Å². The minimum absolute atomic E-state index is 0.00995. The van der Waals surface area contributed by atoms with Gasteiger partial charge in [-0.25, -0.2) is 0 Å². The molecule has 2 aromatic rings. The second-order valence-electron chi connectivity index (χ2n) is 10.2. The zero-order chi connectivity index (χ0) is 26.9. The predicted molar refractivity (Wildman–Crippen MR) is 143 cm³/mol. The minimum Gasteiger partial charge on any atom is -0.461 e. The normalized spacial score (nSPS) is 27.4. The van der Waals surface area contributed by atoms with E-state index in [-0.39, 0.29) is 38.1 Å². The van der Waals surface area contributed by atoms with Gasteiger partial charge in [-0.15, -0.1) is 6.58 Å². The van der Waals surface area contributed by atoms with Gasteiger partial charge in [0.2, 0.25) is 5.91 Å². The maximum atomic E-state index is 14.5. The Labute approximate surface area is 222 Å². The lowest BCUT2D eigenvalue weighted by atomic mass is 9.70. The standard InChI is InChI=1S/C30H34N2O6/c1-3-15-31(22-12-11-20-9-5-6-10-21(20)19-22)28(35)26-30-14-13-23(38-30)24(29(36)37-18-4-2)25(30)27(34)32(26)16-7-8-17-33/h3-6,9-12,19,23-26,33H,1-2,7-8,13-18H2/t23-,24+,25+,26?,30?/m1/s1. The van der Waals surface area contributed by atoms with Crippen LogP contribution >= 0.6 is 0 Å². The van der Waals surface area contributed by atoms with E-state index in [1.165, 1.54) is 6.08 Å². The molecule has 2 bridgehead atoms. The van der Waals surface area contributed by atoms with Crippen molar-refractivity contribution in [1.29, 1.82) is 0 Å². The summed E-state index contributed by atoms with van der Waals surface area (Å²) < 4.78 is 11.8. The molecule has 2 amide bonds. The number of hydrogen-bond acceptors (Lipinski definition) is 6. The van der Waals surface area contributed by atoms with Crippen LogP contribution in [0.2, 0.25) is 0 Å². The molecule has 3 heterocycles. The highest BCUT2D eigenvalue weighted by molar-refractivity contribution is 6.05. The number of aliphatic hydroxyl groups excluding tert-OH is 1. The van der Waals surface area contributed by atoms with E-state index < -0.39 is 35.6 Å². The summed E-state index contributed by atoms with van der Waals surface area (Å²) >= 11 is 0. The molecule has 1 N–H and O–H groups in total. The third kappa shape index (κ3) is 4.22. The van der Waals surface area contributed by atoms with Gasteiger partial charge in [0.25, 0.3) is 5.91 Å². The SMILES string of the molecule is C=CCOC(=O)[C@@H]1[C@H]2C(=O)N(CCCCO)C(C(=O)N(CC=C)c3ccc4ccccc4c3)C23CC[C@H]1O3. The Morgan fingerprint density at radius 1 is 1.16 bits per heavy atom. The summed E-state index contributed by atoms with van der Waals surface area (Å²) in [6.45, 7) is 8.04. The van der Waals surface area contributed by atoms with E-state index in [4.69, 9.17) is 9.47 Å². The van der Waals surface area contributed by atoms with Gasteiger partial charge < -0.3 is 24.4 Å². The number of unbranched alkanes of at least 4 members (excludes halogenated alkanes) is 1. The Kier molecular flexibility index (Phi) is 7.36. The van der Waals surface area contributed by atoms with Crippen molar-refractivity contribution in [1.82, 2.24) is 4.90 Å². The molecule has 0 aliphatic carbocycles. The van der Waals surface area contributed by atoms with Crippen LogP contribution in [0.4, 0.5) is 5.69 Å². The first-order chi connectivity index (χ1) is 18.5. The van der Waals surface area contributed by atoms with Gasteiger partial charge in [0.15, 0.2) is 0 Å². The number of carbonyl (C=O) groups excluding carboxylic acids is 3. The van der Waals surface area contributed by atoms with Crippen molar-refractivity contribution >= 4 is 34.2 Å². The lowest BCUT2D eigenvalue weighted by Gasteiger charge is -2.36. The van der Waals surface area contributed by atoms with Crippen molar-refractivity contribution in [2.24, 2.45) is 11.8 Å². The van der Waals surface area contributed by atoms with Gasteiger partial charge in [-0.3, -0.25) is 14.4 Å². The second kappa shape index (κ2) is 10.7. The molecule has 3 aliphatic heterocycles. The summed E-state index contributed by atoms with van der Waals surface area (Å²) in [6.07, 6.45) is 4.79. The average molecular weight is 519 g/mol. The zero-order valence-electron chi connectivity index (χ0n) is 21.5. The lowest BCUT2D eigenvalue weighted by Crippen LogP contribution is -2.56. The monoisotopic (exact) mass is 518 g/mol. The summed E-state index contributed by atoms with van der Waals surface area (Å²) in [6, 6.07) is 12.8. The molecule has 38 heavy (non-hydrogen) atoms. The zero-order valence-corrected chi connectivity index (χ0v) is 21.5. The van der Waals surface area contributed by atoms with Crippen LogP contribution in [0.5, 0.6) is 0 Å². The van der Waals surface area contributed by atoms with Gasteiger partial charge in [-0.2, -0.15) is 0 Å². The van der Waals surface area contributed by atoms with Crippen molar-refractivity contribution in [2.75, 3.05) is 31.2 Å². The van der Waals surface area contributed by atoms with Crippen LogP contribution in [-0.2, 0) is 23.9 Å². The van der Waals surface area contributed by atoms with Crippen LogP contribution in [0.1, 0.15) is 25.7 Å². The number of anilines is 1. The van der Waals surface area contributed by atoms with E-state index in [0.717, 1.165) is 10.8 Å². The van der Waals surface area contributed by atoms with E-state index in [2.05, 4.69) is 13.2 Å². The quantitative estimate of drug-likeness (QED) is 0.279. The molecular weight excluding hydrogens is 484 g/mol. The third-order valence-corrected chi connectivity index (χ3v) is 8.08. The van der Waals surface area contributed by atoms with Crippen LogP contribution in [-0.4, -0.2) is 71.8 Å². The summed E-state index contributed by atoms with van der Waals surface area (Å²) in [7, 11) is 0. The highest BCUT2D eigenvalue weighted by atomic mass is 16.6. The number of ether oxygens (including phenoxy) is 2. The summed E-state index contributed by atoms with van der Waals surface area (Å²) in [5.74, 6) is -2.57. The second-order valence-corrected chi connectivity index (χ2v) is 10.2. The molecule has 2 unspecified atom stereocenters. The number of carbonyl (C=O) groups is 3. The highest BCUT2D eigenvalue weighted by Gasteiger charge is 2.75. The summed E-state index contributed by atoms with van der Waals surface area (Å²) in [5.41, 5.74) is -0.405. The molecule has 8 nitrogen and oxygen atoms in total. The molecule has 2 aromatic carbocycles. The van der Waals surface area contributed by atoms with Crippen LogP contribution in [0.25, 0.3) is 10.8 Å². The summed E-state index contributed by atoms with van der Waals surface area (Å²) in [5, 5.41) is 11.4. The first-order valence-corrected chi connectivity index (χ1v) is 13.2. The number of likely N-dealkylation sites (tertiary alicyclic amines) is 1. The molecule has 200 valence electrons. The lowest BCUT2D eigenvalue weighted by molar-refractivity contribution is -0.154. The molecule has 1 spiro atoms. The minimum atomic E-state index is -1.10. The molecule has 8 heteroatoms. The van der Waals surface area contributed by atoms with Gasteiger partial charge in [0.1, 0.15) is 18.2 Å². The van der Waals surface area contributed by atoms with E-state index >= 15 is 0 Å². The van der Waals surface area contributed by atoms with E-state index in [9.17, 15) is 19.5 Å². The first-order valence-electron chi connectivity index (χ1n) is 13.2. The van der Waals surface area contributed by atoms with Crippen LogP contribution < -0.4 is 4.90 Å². The van der Waals surface area contributed by atoms with Crippen molar-refractivity contribution in [3.8, 4) is 0 Å². The van der Waals surface area contributed by atoms with Crippen LogP contribution in [0, 0.1) is 11.8 Å². The molecular formula is C30H34N2O6. The van der Waals surface area contributed by atoms with Gasteiger partial charge in [-0.1, -0.05) is 49.1 Å². The Bertz CT molecular complexity index is 1260. The van der Waals surface area contributed by atoms with E-state index in [1.54, 1.807) is 15.9 Å². The van der Waals surface area contributed by atoms with Gasteiger partial charge in [0.05, 0.1) is 17.9 Å². The molecule has 3 aliphatic rings. The van der Waals surface area contributed by atoms with Crippen molar-refractivity contribution in [3.63, 3.8) is 0 Å². The fraction of sp³-hybridized carbons (Fsp3) is 0.433. The number of esters is 1. The number of benzene rings is 2. The first kappa shape index (κ1) is 26.1. The van der Waals surface area contributed by atoms with E-state index in [1.807, 2.05) is 42.5 Å². The maximum absolute atomic E-state index is 14.5. The van der Waals surface area contributed by atoms with E-state index in [0.29, 0.717) is 31.4 Å². The smallest absolute Gasteiger partial charge is 0.312 e. The fourth-order valence-corrected chi connectivity index (χ4v) is 6.52. The van der Waals surface area contributed by atoms with Crippen molar-refractivity contribution in [2.45, 2.75) is 43.4 Å². The van der Waals surface area contributed by atoms with Crippen molar-refractivity contribution in [3.05, 3.63) is 67.8 Å². The van der Waals surface area contributed by atoms with Crippen molar-refractivity contribution < 1.29 is 29.0 Å².